The maximum atomic E-state index is 13.1. The lowest BCUT2D eigenvalue weighted by Gasteiger charge is -2.32. The van der Waals surface area contributed by atoms with Crippen molar-refractivity contribution in [3.8, 4) is 5.75 Å². The fraction of sp³-hybridized carbons (Fsp3) is 0.348. The van der Waals surface area contributed by atoms with Gasteiger partial charge in [-0.3, -0.25) is 9.59 Å². The van der Waals surface area contributed by atoms with Gasteiger partial charge in [0, 0.05) is 18.0 Å². The highest BCUT2D eigenvalue weighted by Gasteiger charge is 2.39. The van der Waals surface area contributed by atoms with Gasteiger partial charge < -0.3 is 10.1 Å². The zero-order valence-corrected chi connectivity index (χ0v) is 16.8. The van der Waals surface area contributed by atoms with Crippen molar-refractivity contribution in [2.75, 3.05) is 7.11 Å². The molecule has 6 heteroatoms. The minimum Gasteiger partial charge on any atom is -0.496 e. The Balaban J connectivity index is 1.66. The number of rotatable bonds is 5. The first-order valence-corrected chi connectivity index (χ1v) is 9.93. The van der Waals surface area contributed by atoms with Gasteiger partial charge in [0.25, 0.3) is 5.56 Å². The zero-order chi connectivity index (χ0) is 20.4. The van der Waals surface area contributed by atoms with Gasteiger partial charge in [-0.15, -0.1) is 0 Å². The number of aryl methyl sites for hydroxylation is 1. The highest BCUT2D eigenvalue weighted by Crippen LogP contribution is 2.42. The summed E-state index contributed by atoms with van der Waals surface area (Å²) in [4.78, 5) is 25.4. The summed E-state index contributed by atoms with van der Waals surface area (Å²) in [5.41, 5.74) is 1.03. The first-order chi connectivity index (χ1) is 14.0. The third-order valence-corrected chi connectivity index (χ3v) is 5.82. The fourth-order valence-electron chi connectivity index (χ4n) is 4.45. The second-order valence-corrected chi connectivity index (χ2v) is 7.64. The van der Waals surface area contributed by atoms with Gasteiger partial charge in [-0.1, -0.05) is 49.2 Å². The molecule has 0 aliphatic heterocycles. The summed E-state index contributed by atoms with van der Waals surface area (Å²) in [5.74, 6) is 0.689. The molecule has 1 N–H and O–H groups in total. The summed E-state index contributed by atoms with van der Waals surface area (Å²) in [7, 11) is 3.27. The van der Waals surface area contributed by atoms with Crippen molar-refractivity contribution in [2.24, 2.45) is 7.05 Å². The summed E-state index contributed by atoms with van der Waals surface area (Å²) in [6.45, 7) is 0. The van der Waals surface area contributed by atoms with Crippen molar-refractivity contribution in [2.45, 2.75) is 37.6 Å². The third-order valence-electron chi connectivity index (χ3n) is 5.82. The standard InChI is InChI=1S/C23H25N3O3/c1-26-22(28)17-10-4-3-9-16(17)19(25-26)15-21(27)24-23(13-7-8-14-23)18-11-5-6-12-20(18)29-2/h3-6,9-12H,7-8,13-15H2,1-2H3,(H,24,27). The molecule has 0 bridgehead atoms. The summed E-state index contributed by atoms with van der Waals surface area (Å²) in [6.07, 6.45) is 3.98. The predicted octanol–water partition coefficient (Wildman–Crippen LogP) is 3.07. The summed E-state index contributed by atoms with van der Waals surface area (Å²) < 4.78 is 6.87. The number of aromatic nitrogens is 2. The van der Waals surface area contributed by atoms with Crippen LogP contribution in [0.3, 0.4) is 0 Å². The van der Waals surface area contributed by atoms with E-state index in [0.29, 0.717) is 11.1 Å². The molecule has 4 rings (SSSR count). The van der Waals surface area contributed by atoms with Crippen LogP contribution in [0.1, 0.15) is 36.9 Å². The minimum atomic E-state index is -0.430. The van der Waals surface area contributed by atoms with Gasteiger partial charge in [0.05, 0.1) is 30.1 Å². The molecule has 0 unspecified atom stereocenters. The number of methoxy groups -OCH3 is 1. The molecule has 1 aromatic heterocycles. The van der Waals surface area contributed by atoms with E-state index in [2.05, 4.69) is 10.4 Å². The number of carbonyl (C=O) groups excluding carboxylic acids is 1. The molecule has 1 aliphatic carbocycles. The minimum absolute atomic E-state index is 0.103. The Labute approximate surface area is 169 Å². The molecular formula is C23H25N3O3. The van der Waals surface area contributed by atoms with E-state index in [0.717, 1.165) is 42.4 Å². The van der Waals surface area contributed by atoms with Crippen LogP contribution in [-0.4, -0.2) is 22.8 Å². The number of nitrogens with one attached hydrogen (secondary N) is 1. The van der Waals surface area contributed by atoms with E-state index in [4.69, 9.17) is 4.74 Å². The summed E-state index contributed by atoms with van der Waals surface area (Å²) in [6, 6.07) is 15.2. The Kier molecular flexibility index (Phi) is 5.09. The molecule has 0 atom stereocenters. The van der Waals surface area contributed by atoms with Crippen LogP contribution in [0, 0.1) is 0 Å². The first-order valence-electron chi connectivity index (χ1n) is 9.93. The number of hydrogen-bond acceptors (Lipinski definition) is 4. The maximum absolute atomic E-state index is 13.1. The maximum Gasteiger partial charge on any atom is 0.274 e. The number of carbonyl (C=O) groups is 1. The van der Waals surface area contributed by atoms with Crippen LogP contribution in [0.2, 0.25) is 0 Å². The highest BCUT2D eigenvalue weighted by molar-refractivity contribution is 5.88. The van der Waals surface area contributed by atoms with E-state index in [1.807, 2.05) is 42.5 Å². The van der Waals surface area contributed by atoms with E-state index >= 15 is 0 Å². The van der Waals surface area contributed by atoms with Gasteiger partial charge in [0.1, 0.15) is 5.75 Å². The van der Waals surface area contributed by atoms with Crippen molar-refractivity contribution in [3.63, 3.8) is 0 Å². The molecular weight excluding hydrogens is 366 g/mol. The number of para-hydroxylation sites is 1. The molecule has 1 saturated carbocycles. The topological polar surface area (TPSA) is 73.2 Å². The average molecular weight is 391 g/mol. The molecule has 1 aliphatic rings. The van der Waals surface area contributed by atoms with Crippen molar-refractivity contribution < 1.29 is 9.53 Å². The Morgan fingerprint density at radius 3 is 2.48 bits per heavy atom. The van der Waals surface area contributed by atoms with E-state index in [1.54, 1.807) is 20.2 Å². The fourth-order valence-corrected chi connectivity index (χ4v) is 4.45. The number of benzene rings is 2. The SMILES string of the molecule is COc1ccccc1C1(NC(=O)Cc2nn(C)c(=O)c3ccccc23)CCCC1. The molecule has 0 radical (unpaired) electrons. The highest BCUT2D eigenvalue weighted by atomic mass is 16.5. The van der Waals surface area contributed by atoms with Crippen LogP contribution in [0.4, 0.5) is 0 Å². The lowest BCUT2D eigenvalue weighted by molar-refractivity contribution is -0.122. The molecule has 2 aromatic carbocycles. The molecule has 6 nitrogen and oxygen atoms in total. The number of amides is 1. The van der Waals surface area contributed by atoms with Crippen LogP contribution < -0.4 is 15.6 Å². The lowest BCUT2D eigenvalue weighted by atomic mass is 9.87. The predicted molar refractivity (Wildman–Crippen MR) is 112 cm³/mol. The molecule has 1 heterocycles. The largest absolute Gasteiger partial charge is 0.496 e. The molecule has 1 amide bonds. The van der Waals surface area contributed by atoms with E-state index in [1.165, 1.54) is 4.68 Å². The van der Waals surface area contributed by atoms with Gasteiger partial charge in [0.2, 0.25) is 5.91 Å². The van der Waals surface area contributed by atoms with Crippen LogP contribution in [0.25, 0.3) is 10.8 Å². The van der Waals surface area contributed by atoms with E-state index in [9.17, 15) is 9.59 Å². The van der Waals surface area contributed by atoms with Crippen LogP contribution in [-0.2, 0) is 23.8 Å². The number of nitrogens with zero attached hydrogens (tertiary/aromatic N) is 2. The molecule has 1 fully saturated rings. The zero-order valence-electron chi connectivity index (χ0n) is 16.8. The van der Waals surface area contributed by atoms with Crippen LogP contribution in [0.15, 0.2) is 53.3 Å². The van der Waals surface area contributed by atoms with E-state index in [-0.39, 0.29) is 17.9 Å². The smallest absolute Gasteiger partial charge is 0.274 e. The number of hydrogen-bond donors (Lipinski definition) is 1. The second-order valence-electron chi connectivity index (χ2n) is 7.64. The number of ether oxygens (including phenoxy) is 1. The Hall–Kier alpha value is -3.15. The lowest BCUT2D eigenvalue weighted by Crippen LogP contribution is -2.45. The molecule has 29 heavy (non-hydrogen) atoms. The normalized spacial score (nSPS) is 15.4. The Morgan fingerprint density at radius 1 is 1.10 bits per heavy atom. The average Bonchev–Trinajstić information content (AvgIpc) is 3.21. The first kappa shape index (κ1) is 19.2. The third kappa shape index (κ3) is 3.50. The van der Waals surface area contributed by atoms with Gasteiger partial charge >= 0.3 is 0 Å². The Bertz CT molecular complexity index is 1110. The van der Waals surface area contributed by atoms with Crippen LogP contribution >= 0.6 is 0 Å². The van der Waals surface area contributed by atoms with E-state index < -0.39 is 5.54 Å². The van der Waals surface area contributed by atoms with Crippen molar-refractivity contribution >= 4 is 16.7 Å². The van der Waals surface area contributed by atoms with Gasteiger partial charge in [-0.25, -0.2) is 4.68 Å². The molecule has 0 spiro atoms. The van der Waals surface area contributed by atoms with Gasteiger partial charge in [-0.2, -0.15) is 5.10 Å². The van der Waals surface area contributed by atoms with Crippen LogP contribution in [0.5, 0.6) is 5.75 Å². The van der Waals surface area contributed by atoms with Crippen molar-refractivity contribution in [1.29, 1.82) is 0 Å². The number of fused-ring (bicyclic) bond motifs is 1. The quantitative estimate of drug-likeness (QED) is 0.725. The molecule has 3 aromatic rings. The second kappa shape index (κ2) is 7.70. The molecule has 150 valence electrons. The van der Waals surface area contributed by atoms with Gasteiger partial charge in [0.15, 0.2) is 0 Å². The molecule has 0 saturated heterocycles. The Morgan fingerprint density at radius 2 is 1.76 bits per heavy atom. The van der Waals surface area contributed by atoms with Crippen molar-refractivity contribution in [3.05, 3.63) is 70.1 Å². The van der Waals surface area contributed by atoms with Gasteiger partial charge in [-0.05, 0) is 25.0 Å². The monoisotopic (exact) mass is 391 g/mol. The summed E-state index contributed by atoms with van der Waals surface area (Å²) in [5, 5.41) is 8.95. The van der Waals surface area contributed by atoms with Crippen molar-refractivity contribution in [1.82, 2.24) is 15.1 Å². The summed E-state index contributed by atoms with van der Waals surface area (Å²) >= 11 is 0.